The molecule has 27 heavy (non-hydrogen) atoms. The standard InChI is InChI=1S/C20H19ClN2O4/c1-14(20(25)23-16-10-9-15(13-22)18(21)12-16)27-19(24)8-5-11-26-17-6-3-2-4-7-17/h2-4,6-7,9-10,12,14H,5,8,11H2,1H3,(H,23,25)/t14-/m1/s1. The minimum absolute atomic E-state index is 0.146. The van der Waals surface area contributed by atoms with E-state index in [1.54, 1.807) is 6.07 Å². The molecule has 7 heteroatoms. The Morgan fingerprint density at radius 2 is 1.96 bits per heavy atom. The number of nitrogens with one attached hydrogen (secondary N) is 1. The third-order valence-electron chi connectivity index (χ3n) is 3.57. The van der Waals surface area contributed by atoms with Gasteiger partial charge in [-0.3, -0.25) is 9.59 Å². The van der Waals surface area contributed by atoms with Gasteiger partial charge in [-0.25, -0.2) is 0 Å². The van der Waals surface area contributed by atoms with Crippen molar-refractivity contribution >= 4 is 29.2 Å². The SMILES string of the molecule is C[C@@H](OC(=O)CCCOc1ccccc1)C(=O)Nc1ccc(C#N)c(Cl)c1. The van der Waals surface area contributed by atoms with Gasteiger partial charge in [0.2, 0.25) is 0 Å². The van der Waals surface area contributed by atoms with Crippen LogP contribution >= 0.6 is 11.6 Å². The Labute approximate surface area is 162 Å². The minimum Gasteiger partial charge on any atom is -0.494 e. The van der Waals surface area contributed by atoms with Crippen LogP contribution in [0.15, 0.2) is 48.5 Å². The Morgan fingerprint density at radius 1 is 1.22 bits per heavy atom. The van der Waals surface area contributed by atoms with Gasteiger partial charge in [-0.15, -0.1) is 0 Å². The Morgan fingerprint density at radius 3 is 2.63 bits per heavy atom. The van der Waals surface area contributed by atoms with E-state index in [0.717, 1.165) is 5.75 Å². The number of rotatable bonds is 8. The second-order valence-corrected chi connectivity index (χ2v) is 6.10. The van der Waals surface area contributed by atoms with E-state index >= 15 is 0 Å². The number of nitrogens with zero attached hydrogens (tertiary/aromatic N) is 1. The zero-order valence-electron chi connectivity index (χ0n) is 14.8. The van der Waals surface area contributed by atoms with Crippen molar-refractivity contribution in [2.24, 2.45) is 0 Å². The second kappa shape index (κ2) is 10.2. The van der Waals surface area contributed by atoms with E-state index in [9.17, 15) is 9.59 Å². The molecule has 6 nitrogen and oxygen atoms in total. The molecule has 0 spiro atoms. The summed E-state index contributed by atoms with van der Waals surface area (Å²) in [6.07, 6.45) is -0.331. The van der Waals surface area contributed by atoms with E-state index in [-0.39, 0.29) is 11.4 Å². The number of nitriles is 1. The highest BCUT2D eigenvalue weighted by Gasteiger charge is 2.18. The Hall–Kier alpha value is -3.04. The molecule has 0 aromatic heterocycles. The lowest BCUT2D eigenvalue weighted by Gasteiger charge is -2.14. The molecule has 2 aromatic carbocycles. The van der Waals surface area contributed by atoms with E-state index in [2.05, 4.69) is 5.32 Å². The maximum atomic E-state index is 12.1. The molecule has 140 valence electrons. The van der Waals surface area contributed by atoms with E-state index in [4.69, 9.17) is 26.3 Å². The van der Waals surface area contributed by atoms with Crippen LogP contribution < -0.4 is 10.1 Å². The molecule has 0 radical (unpaired) electrons. The molecule has 0 unspecified atom stereocenters. The number of ether oxygens (including phenoxy) is 2. The zero-order valence-corrected chi connectivity index (χ0v) is 15.5. The van der Waals surface area contributed by atoms with Crippen LogP contribution in [0.1, 0.15) is 25.3 Å². The zero-order chi connectivity index (χ0) is 19.6. The first-order valence-electron chi connectivity index (χ1n) is 8.37. The fourth-order valence-electron chi connectivity index (χ4n) is 2.16. The Bertz CT molecular complexity index is 834. The predicted molar refractivity (Wildman–Crippen MR) is 102 cm³/mol. The molecule has 1 amide bonds. The van der Waals surface area contributed by atoms with Gasteiger partial charge in [0.1, 0.15) is 11.8 Å². The number of hydrogen-bond donors (Lipinski definition) is 1. The summed E-state index contributed by atoms with van der Waals surface area (Å²) in [5.41, 5.74) is 0.732. The molecule has 2 rings (SSSR count). The van der Waals surface area contributed by atoms with Crippen LogP contribution in [0.25, 0.3) is 0 Å². The molecule has 0 heterocycles. The van der Waals surface area contributed by atoms with Crippen molar-refractivity contribution < 1.29 is 19.1 Å². The summed E-state index contributed by atoms with van der Waals surface area (Å²) in [6, 6.07) is 15.7. The number of anilines is 1. The highest BCUT2D eigenvalue weighted by atomic mass is 35.5. The number of hydrogen-bond acceptors (Lipinski definition) is 5. The van der Waals surface area contributed by atoms with E-state index in [1.807, 2.05) is 36.4 Å². The summed E-state index contributed by atoms with van der Waals surface area (Å²) in [4.78, 5) is 24.0. The lowest BCUT2D eigenvalue weighted by atomic mass is 10.2. The van der Waals surface area contributed by atoms with Crippen molar-refractivity contribution in [3.05, 3.63) is 59.1 Å². The molecule has 0 saturated heterocycles. The second-order valence-electron chi connectivity index (χ2n) is 5.69. The normalized spacial score (nSPS) is 11.1. The number of benzene rings is 2. The Kier molecular flexibility index (Phi) is 7.65. The lowest BCUT2D eigenvalue weighted by Crippen LogP contribution is -2.30. The van der Waals surface area contributed by atoms with Crippen LogP contribution in [-0.4, -0.2) is 24.6 Å². The molecule has 0 aliphatic carbocycles. The number of carbonyl (C=O) groups is 2. The maximum Gasteiger partial charge on any atom is 0.306 e. The summed E-state index contributed by atoms with van der Waals surface area (Å²) < 4.78 is 10.6. The number of para-hydroxylation sites is 1. The van der Waals surface area contributed by atoms with Gasteiger partial charge in [-0.1, -0.05) is 29.8 Å². The van der Waals surface area contributed by atoms with Crippen molar-refractivity contribution in [2.45, 2.75) is 25.9 Å². The molecule has 0 fully saturated rings. The first-order valence-corrected chi connectivity index (χ1v) is 8.75. The fraction of sp³-hybridized carbons (Fsp3) is 0.250. The molecule has 0 aliphatic rings. The highest BCUT2D eigenvalue weighted by Crippen LogP contribution is 2.20. The van der Waals surface area contributed by atoms with E-state index < -0.39 is 18.0 Å². The molecule has 0 aliphatic heterocycles. The average Bonchev–Trinajstić information content (AvgIpc) is 2.66. The lowest BCUT2D eigenvalue weighted by molar-refractivity contribution is -0.153. The van der Waals surface area contributed by atoms with Gasteiger partial charge in [-0.2, -0.15) is 5.26 Å². The summed E-state index contributed by atoms with van der Waals surface area (Å²) >= 11 is 5.92. The van der Waals surface area contributed by atoms with E-state index in [1.165, 1.54) is 19.1 Å². The summed E-state index contributed by atoms with van der Waals surface area (Å²) in [6.45, 7) is 1.86. The van der Waals surface area contributed by atoms with Gasteiger partial charge >= 0.3 is 5.97 Å². The van der Waals surface area contributed by atoms with Gasteiger partial charge in [0.05, 0.1) is 17.2 Å². The summed E-state index contributed by atoms with van der Waals surface area (Å²) in [5, 5.41) is 11.7. The topological polar surface area (TPSA) is 88.4 Å². The summed E-state index contributed by atoms with van der Waals surface area (Å²) in [7, 11) is 0. The number of halogens is 1. The smallest absolute Gasteiger partial charge is 0.306 e. The minimum atomic E-state index is -0.957. The summed E-state index contributed by atoms with van der Waals surface area (Å²) in [5.74, 6) is -0.225. The average molecular weight is 387 g/mol. The molecular formula is C20H19ClN2O4. The maximum absolute atomic E-state index is 12.1. The molecule has 2 aromatic rings. The van der Waals surface area contributed by atoms with Gasteiger partial charge in [0.25, 0.3) is 5.91 Å². The molecule has 1 atom stereocenters. The van der Waals surface area contributed by atoms with Crippen molar-refractivity contribution in [3.63, 3.8) is 0 Å². The number of esters is 1. The molecule has 0 saturated carbocycles. The van der Waals surface area contributed by atoms with Gasteiger partial charge < -0.3 is 14.8 Å². The van der Waals surface area contributed by atoms with Crippen LogP contribution in [0.2, 0.25) is 5.02 Å². The first kappa shape index (κ1) is 20.3. The van der Waals surface area contributed by atoms with Crippen LogP contribution in [-0.2, 0) is 14.3 Å². The van der Waals surface area contributed by atoms with Crippen molar-refractivity contribution in [2.75, 3.05) is 11.9 Å². The van der Waals surface area contributed by atoms with Crippen molar-refractivity contribution in [1.29, 1.82) is 5.26 Å². The fourth-order valence-corrected chi connectivity index (χ4v) is 2.38. The van der Waals surface area contributed by atoms with Gasteiger partial charge in [0.15, 0.2) is 6.10 Å². The van der Waals surface area contributed by atoms with Crippen molar-refractivity contribution in [3.8, 4) is 11.8 Å². The van der Waals surface area contributed by atoms with Crippen LogP contribution in [0, 0.1) is 11.3 Å². The molecule has 0 bridgehead atoms. The monoisotopic (exact) mass is 386 g/mol. The predicted octanol–water partition coefficient (Wildman–Crippen LogP) is 3.94. The third-order valence-corrected chi connectivity index (χ3v) is 3.88. The van der Waals surface area contributed by atoms with Gasteiger partial charge in [-0.05, 0) is 43.7 Å². The van der Waals surface area contributed by atoms with Crippen LogP contribution in [0.4, 0.5) is 5.69 Å². The Balaban J connectivity index is 1.72. The van der Waals surface area contributed by atoms with Crippen molar-refractivity contribution in [1.82, 2.24) is 0 Å². The third kappa shape index (κ3) is 6.65. The largest absolute Gasteiger partial charge is 0.494 e. The quantitative estimate of drug-likeness (QED) is 0.548. The molecular weight excluding hydrogens is 368 g/mol. The van der Waals surface area contributed by atoms with Crippen LogP contribution in [0.3, 0.4) is 0 Å². The van der Waals surface area contributed by atoms with Gasteiger partial charge in [0, 0.05) is 12.1 Å². The van der Waals surface area contributed by atoms with E-state index in [0.29, 0.717) is 24.3 Å². The molecule has 1 N–H and O–H groups in total. The van der Waals surface area contributed by atoms with Crippen LogP contribution in [0.5, 0.6) is 5.75 Å². The number of carbonyl (C=O) groups excluding carboxylic acids is 2. The first-order chi connectivity index (χ1) is 13.0. The number of amides is 1. The highest BCUT2D eigenvalue weighted by molar-refractivity contribution is 6.32.